The molecule has 0 unspecified atom stereocenters. The highest BCUT2D eigenvalue weighted by Crippen LogP contribution is 2.25. The second-order valence-corrected chi connectivity index (χ2v) is 6.09. The summed E-state index contributed by atoms with van der Waals surface area (Å²) < 4.78 is 19.4. The number of benzene rings is 1. The molecule has 0 atom stereocenters. The third-order valence-electron chi connectivity index (χ3n) is 4.45. The fraction of sp³-hybridized carbons (Fsp3) is 0.421. The van der Waals surface area contributed by atoms with E-state index >= 15 is 0 Å². The Kier molecular flexibility index (Phi) is 8.13. The maximum atomic E-state index is 13.7. The predicted molar refractivity (Wildman–Crippen MR) is 100 cm³/mol. The molecular weight excluding hydrogens is 343 g/mol. The molecule has 0 aliphatic heterocycles. The first kappa shape index (κ1) is 21.2. The summed E-state index contributed by atoms with van der Waals surface area (Å²) >= 11 is 0. The minimum atomic E-state index is -0.349. The van der Waals surface area contributed by atoms with Crippen molar-refractivity contribution in [2.75, 3.05) is 6.54 Å². The fourth-order valence-corrected chi connectivity index (χ4v) is 2.42. The molecule has 138 valence electrons. The van der Waals surface area contributed by atoms with Crippen LogP contribution in [0.1, 0.15) is 38.9 Å². The van der Waals surface area contributed by atoms with Crippen LogP contribution in [0, 0.1) is 5.82 Å². The minimum absolute atomic E-state index is 0. The zero-order chi connectivity index (χ0) is 17.6. The van der Waals surface area contributed by atoms with Crippen molar-refractivity contribution in [1.82, 2.24) is 5.32 Å². The number of halogens is 2. The summed E-state index contributed by atoms with van der Waals surface area (Å²) in [4.78, 5) is 12.0. The number of aryl methyl sites for hydroxylation is 1. The Hall–Kier alpha value is -1.85. The molecule has 3 N–H and O–H groups in total. The first-order valence-electron chi connectivity index (χ1n) is 8.36. The van der Waals surface area contributed by atoms with Gasteiger partial charge in [0.1, 0.15) is 17.3 Å². The van der Waals surface area contributed by atoms with Gasteiger partial charge in [0.05, 0.1) is 5.56 Å². The summed E-state index contributed by atoms with van der Waals surface area (Å²) in [5.74, 6) is 0.750. The van der Waals surface area contributed by atoms with Crippen LogP contribution in [0.5, 0.6) is 0 Å². The number of hydrogen-bond acceptors (Lipinski definition) is 3. The van der Waals surface area contributed by atoms with E-state index in [9.17, 15) is 9.18 Å². The van der Waals surface area contributed by atoms with E-state index in [1.807, 2.05) is 13.8 Å². The van der Waals surface area contributed by atoms with E-state index in [1.54, 1.807) is 30.3 Å². The lowest BCUT2D eigenvalue weighted by Crippen LogP contribution is -2.49. The van der Waals surface area contributed by atoms with Crippen LogP contribution in [-0.4, -0.2) is 18.0 Å². The molecular formula is C19H26ClFN2O2. The molecule has 0 saturated heterocycles. The third-order valence-corrected chi connectivity index (χ3v) is 4.45. The lowest BCUT2D eigenvalue weighted by atomic mass is 9.94. The molecule has 0 spiro atoms. The monoisotopic (exact) mass is 368 g/mol. The number of rotatable bonds is 8. The molecule has 1 aromatic carbocycles. The quantitative estimate of drug-likeness (QED) is 0.737. The number of hydrogen-bond donors (Lipinski definition) is 2. The van der Waals surface area contributed by atoms with Crippen LogP contribution in [0.15, 0.2) is 40.8 Å². The van der Waals surface area contributed by atoms with Crippen LogP contribution in [0.2, 0.25) is 0 Å². The van der Waals surface area contributed by atoms with E-state index in [1.165, 1.54) is 6.07 Å². The molecule has 0 aliphatic carbocycles. The number of carbonyl (C=O) groups is 1. The summed E-state index contributed by atoms with van der Waals surface area (Å²) in [6.45, 7) is 4.50. The second kappa shape index (κ2) is 9.59. The summed E-state index contributed by atoms with van der Waals surface area (Å²) in [5, 5.41) is 2.88. The van der Waals surface area contributed by atoms with Gasteiger partial charge in [-0.1, -0.05) is 26.0 Å². The van der Waals surface area contributed by atoms with Crippen LogP contribution in [0.25, 0.3) is 11.3 Å². The first-order valence-corrected chi connectivity index (χ1v) is 8.36. The Morgan fingerprint density at radius 1 is 1.20 bits per heavy atom. The van der Waals surface area contributed by atoms with E-state index in [-0.39, 0.29) is 29.7 Å². The van der Waals surface area contributed by atoms with Crippen molar-refractivity contribution in [3.8, 4) is 11.3 Å². The molecule has 1 aromatic heterocycles. The zero-order valence-electron chi connectivity index (χ0n) is 14.7. The summed E-state index contributed by atoms with van der Waals surface area (Å²) in [5.41, 5.74) is 6.24. The van der Waals surface area contributed by atoms with Crippen molar-refractivity contribution in [1.29, 1.82) is 0 Å². The van der Waals surface area contributed by atoms with E-state index < -0.39 is 0 Å². The van der Waals surface area contributed by atoms with Gasteiger partial charge in [-0.3, -0.25) is 4.79 Å². The van der Waals surface area contributed by atoms with Gasteiger partial charge in [0.25, 0.3) is 0 Å². The summed E-state index contributed by atoms with van der Waals surface area (Å²) in [7, 11) is 0. The molecule has 2 aromatic rings. The fourth-order valence-electron chi connectivity index (χ4n) is 2.42. The highest BCUT2D eigenvalue weighted by Gasteiger charge is 2.20. The average Bonchev–Trinajstić information content (AvgIpc) is 3.07. The lowest BCUT2D eigenvalue weighted by molar-refractivity contribution is -0.121. The molecule has 0 radical (unpaired) electrons. The normalized spacial score (nSPS) is 11.0. The highest BCUT2D eigenvalue weighted by atomic mass is 35.5. The van der Waals surface area contributed by atoms with E-state index in [0.29, 0.717) is 36.5 Å². The molecule has 6 heteroatoms. The van der Waals surface area contributed by atoms with Crippen LogP contribution in [-0.2, 0) is 11.2 Å². The Balaban J connectivity index is 0.00000312. The molecule has 1 amide bonds. The number of furan rings is 1. The van der Waals surface area contributed by atoms with Gasteiger partial charge >= 0.3 is 0 Å². The number of nitrogens with two attached hydrogens (primary N) is 1. The molecule has 1 heterocycles. The third kappa shape index (κ3) is 5.87. The van der Waals surface area contributed by atoms with Gasteiger partial charge in [-0.15, -0.1) is 12.4 Å². The SMILES string of the molecule is CCC(N)(CC)CNC(=O)CCc1ccc(-c2ccccc2F)o1.Cl. The molecule has 0 fully saturated rings. The van der Waals surface area contributed by atoms with Crippen LogP contribution in [0.4, 0.5) is 4.39 Å². The standard InChI is InChI=1S/C19H25FN2O2.ClH/c1-3-19(21,4-2)13-22-18(23)12-10-14-9-11-17(24-14)15-7-5-6-8-16(15)20;/h5-9,11H,3-4,10,12-13,21H2,1-2H3,(H,22,23);1H. The Morgan fingerprint density at radius 2 is 1.88 bits per heavy atom. The lowest BCUT2D eigenvalue weighted by Gasteiger charge is -2.26. The van der Waals surface area contributed by atoms with E-state index in [2.05, 4.69) is 5.32 Å². The topological polar surface area (TPSA) is 68.3 Å². The maximum absolute atomic E-state index is 13.7. The molecule has 25 heavy (non-hydrogen) atoms. The molecule has 0 saturated carbocycles. The average molecular weight is 369 g/mol. The van der Waals surface area contributed by atoms with Gasteiger partial charge in [-0.05, 0) is 37.1 Å². The highest BCUT2D eigenvalue weighted by molar-refractivity contribution is 5.85. The Morgan fingerprint density at radius 3 is 2.52 bits per heavy atom. The first-order chi connectivity index (χ1) is 11.5. The number of nitrogens with one attached hydrogen (secondary N) is 1. The Bertz CT molecular complexity index is 684. The smallest absolute Gasteiger partial charge is 0.220 e. The zero-order valence-corrected chi connectivity index (χ0v) is 15.5. The van der Waals surface area contributed by atoms with Crippen LogP contribution in [0.3, 0.4) is 0 Å². The summed E-state index contributed by atoms with van der Waals surface area (Å²) in [6.07, 6.45) is 2.41. The molecule has 4 nitrogen and oxygen atoms in total. The molecule has 2 rings (SSSR count). The van der Waals surface area contributed by atoms with Crippen molar-refractivity contribution in [2.24, 2.45) is 5.73 Å². The maximum Gasteiger partial charge on any atom is 0.220 e. The van der Waals surface area contributed by atoms with Crippen molar-refractivity contribution < 1.29 is 13.6 Å². The van der Waals surface area contributed by atoms with Gasteiger partial charge in [0.15, 0.2) is 0 Å². The van der Waals surface area contributed by atoms with E-state index in [4.69, 9.17) is 10.2 Å². The van der Waals surface area contributed by atoms with Crippen molar-refractivity contribution in [2.45, 2.75) is 45.1 Å². The van der Waals surface area contributed by atoms with Crippen LogP contribution >= 0.6 is 12.4 Å². The van der Waals surface area contributed by atoms with Gasteiger partial charge in [0, 0.05) is 24.9 Å². The van der Waals surface area contributed by atoms with Crippen LogP contribution < -0.4 is 11.1 Å². The van der Waals surface area contributed by atoms with Gasteiger partial charge < -0.3 is 15.5 Å². The Labute approximate surface area is 154 Å². The number of carbonyl (C=O) groups excluding carboxylic acids is 1. The van der Waals surface area contributed by atoms with E-state index in [0.717, 1.165) is 12.8 Å². The molecule has 0 bridgehead atoms. The molecule has 0 aliphatic rings. The van der Waals surface area contributed by atoms with Crippen molar-refractivity contribution in [3.05, 3.63) is 48.0 Å². The van der Waals surface area contributed by atoms with Crippen molar-refractivity contribution >= 4 is 18.3 Å². The second-order valence-electron chi connectivity index (χ2n) is 6.09. The van der Waals surface area contributed by atoms with Crippen molar-refractivity contribution in [3.63, 3.8) is 0 Å². The predicted octanol–water partition coefficient (Wildman–Crippen LogP) is 4.07. The van der Waals surface area contributed by atoms with Gasteiger partial charge in [-0.25, -0.2) is 4.39 Å². The summed E-state index contributed by atoms with van der Waals surface area (Å²) in [6, 6.07) is 9.96. The van der Waals surface area contributed by atoms with Gasteiger partial charge in [-0.2, -0.15) is 0 Å². The minimum Gasteiger partial charge on any atom is -0.461 e. The number of amides is 1. The van der Waals surface area contributed by atoms with Gasteiger partial charge in [0.2, 0.25) is 5.91 Å². The largest absolute Gasteiger partial charge is 0.461 e.